The van der Waals surface area contributed by atoms with E-state index in [9.17, 15) is 5.11 Å². The average molecular weight is 234 g/mol. The number of para-hydroxylation sites is 1. The molecule has 1 saturated heterocycles. The normalized spacial score (nSPS) is 21.6. The molecule has 0 amide bonds. The van der Waals surface area contributed by atoms with E-state index in [1.165, 1.54) is 19.4 Å². The van der Waals surface area contributed by atoms with Crippen LogP contribution in [0, 0.1) is 6.92 Å². The number of likely N-dealkylation sites (tertiary alicyclic amines) is 1. The quantitative estimate of drug-likeness (QED) is 0.838. The van der Waals surface area contributed by atoms with Crippen LogP contribution in [0.3, 0.4) is 0 Å². The molecule has 0 radical (unpaired) electrons. The Morgan fingerprint density at radius 3 is 3.06 bits per heavy atom. The van der Waals surface area contributed by atoms with Crippen molar-refractivity contribution >= 4 is 0 Å². The largest absolute Gasteiger partial charge is 0.507 e. The molecule has 3 nitrogen and oxygen atoms in total. The van der Waals surface area contributed by atoms with E-state index in [1.807, 2.05) is 25.1 Å². The zero-order chi connectivity index (χ0) is 12.3. The molecule has 1 unspecified atom stereocenters. The van der Waals surface area contributed by atoms with Crippen LogP contribution in [0.15, 0.2) is 18.2 Å². The van der Waals surface area contributed by atoms with Crippen LogP contribution < -0.4 is 5.32 Å². The van der Waals surface area contributed by atoms with Gasteiger partial charge in [-0.1, -0.05) is 18.2 Å². The fourth-order valence-electron chi connectivity index (χ4n) is 2.45. The summed E-state index contributed by atoms with van der Waals surface area (Å²) in [5, 5.41) is 13.5. The third-order valence-electron chi connectivity index (χ3n) is 3.53. The van der Waals surface area contributed by atoms with Crippen LogP contribution in [0.2, 0.25) is 0 Å². The fraction of sp³-hybridized carbons (Fsp3) is 0.571. The molecular formula is C14H22N2O. The van der Waals surface area contributed by atoms with Gasteiger partial charge in [-0.15, -0.1) is 0 Å². The lowest BCUT2D eigenvalue weighted by Crippen LogP contribution is -2.43. The number of nitrogens with zero attached hydrogens (tertiary/aromatic N) is 1. The molecule has 1 aromatic carbocycles. The van der Waals surface area contributed by atoms with Crippen LogP contribution in [0.1, 0.15) is 24.0 Å². The molecule has 2 N–H and O–H groups in total. The number of nitrogens with one attached hydrogen (secondary N) is 1. The lowest BCUT2D eigenvalue weighted by atomic mass is 10.1. The first-order chi connectivity index (χ1) is 8.16. The summed E-state index contributed by atoms with van der Waals surface area (Å²) in [5.74, 6) is 0.434. The minimum absolute atomic E-state index is 0.434. The number of piperidine rings is 1. The topological polar surface area (TPSA) is 35.5 Å². The van der Waals surface area contributed by atoms with Crippen LogP contribution in [-0.4, -0.2) is 36.2 Å². The number of hydrogen-bond donors (Lipinski definition) is 2. The highest BCUT2D eigenvalue weighted by atomic mass is 16.3. The van der Waals surface area contributed by atoms with Gasteiger partial charge in [-0.05, 0) is 38.9 Å². The molecule has 2 rings (SSSR count). The molecule has 0 aliphatic carbocycles. The van der Waals surface area contributed by atoms with Crippen molar-refractivity contribution in [3.63, 3.8) is 0 Å². The van der Waals surface area contributed by atoms with Gasteiger partial charge >= 0.3 is 0 Å². The van der Waals surface area contributed by atoms with Gasteiger partial charge in [-0.2, -0.15) is 0 Å². The Bertz CT molecular complexity index is 378. The molecule has 1 heterocycles. The summed E-state index contributed by atoms with van der Waals surface area (Å²) in [7, 11) is 2.16. The predicted molar refractivity (Wildman–Crippen MR) is 70.2 cm³/mol. The monoisotopic (exact) mass is 234 g/mol. The molecule has 1 aromatic rings. The molecular weight excluding hydrogens is 212 g/mol. The van der Waals surface area contributed by atoms with Crippen molar-refractivity contribution in [2.45, 2.75) is 32.4 Å². The van der Waals surface area contributed by atoms with E-state index in [0.29, 0.717) is 11.8 Å². The van der Waals surface area contributed by atoms with E-state index in [4.69, 9.17) is 0 Å². The number of likely N-dealkylation sites (N-methyl/N-ethyl adjacent to an activating group) is 1. The standard InChI is InChI=1S/C14H22N2O/c1-11-5-3-6-12(14(11)17)9-15-13-7-4-8-16(2)10-13/h3,5-6,13,15,17H,4,7-10H2,1-2H3. The van der Waals surface area contributed by atoms with E-state index in [2.05, 4.69) is 17.3 Å². The molecule has 1 aliphatic heterocycles. The van der Waals surface area contributed by atoms with E-state index < -0.39 is 0 Å². The van der Waals surface area contributed by atoms with Crippen molar-refractivity contribution in [2.24, 2.45) is 0 Å². The minimum Gasteiger partial charge on any atom is -0.507 e. The second-order valence-corrected chi connectivity index (χ2v) is 5.06. The highest BCUT2D eigenvalue weighted by Crippen LogP contribution is 2.21. The Hall–Kier alpha value is -1.06. The third-order valence-corrected chi connectivity index (χ3v) is 3.53. The van der Waals surface area contributed by atoms with Crippen molar-refractivity contribution in [1.29, 1.82) is 0 Å². The van der Waals surface area contributed by atoms with Gasteiger partial charge in [0.05, 0.1) is 0 Å². The van der Waals surface area contributed by atoms with Crippen LogP contribution in [-0.2, 0) is 6.54 Å². The molecule has 3 heteroatoms. The van der Waals surface area contributed by atoms with Gasteiger partial charge in [-0.25, -0.2) is 0 Å². The van der Waals surface area contributed by atoms with E-state index in [0.717, 1.165) is 24.2 Å². The Labute approximate surface area is 103 Å². The van der Waals surface area contributed by atoms with Crippen molar-refractivity contribution in [3.8, 4) is 5.75 Å². The highest BCUT2D eigenvalue weighted by molar-refractivity contribution is 5.39. The maximum Gasteiger partial charge on any atom is 0.122 e. The first-order valence-corrected chi connectivity index (χ1v) is 6.36. The molecule has 0 bridgehead atoms. The summed E-state index contributed by atoms with van der Waals surface area (Å²) in [6, 6.07) is 6.47. The second-order valence-electron chi connectivity index (χ2n) is 5.06. The van der Waals surface area contributed by atoms with Crippen LogP contribution in [0.25, 0.3) is 0 Å². The smallest absolute Gasteiger partial charge is 0.122 e. The summed E-state index contributed by atoms with van der Waals surface area (Å²) in [5.41, 5.74) is 1.95. The van der Waals surface area contributed by atoms with Crippen LogP contribution >= 0.6 is 0 Å². The number of rotatable bonds is 3. The zero-order valence-electron chi connectivity index (χ0n) is 10.7. The number of phenolic OH excluding ortho intramolecular Hbond substituents is 1. The van der Waals surface area contributed by atoms with Crippen LogP contribution in [0.4, 0.5) is 0 Å². The number of aromatic hydroxyl groups is 1. The molecule has 1 aliphatic rings. The van der Waals surface area contributed by atoms with Gasteiger partial charge in [-0.3, -0.25) is 0 Å². The molecule has 0 saturated carbocycles. The number of phenols is 1. The summed E-state index contributed by atoms with van der Waals surface area (Å²) < 4.78 is 0. The van der Waals surface area contributed by atoms with Gasteiger partial charge in [0.15, 0.2) is 0 Å². The van der Waals surface area contributed by atoms with E-state index >= 15 is 0 Å². The predicted octanol–water partition coefficient (Wildman–Crippen LogP) is 1.88. The fourth-order valence-corrected chi connectivity index (χ4v) is 2.45. The van der Waals surface area contributed by atoms with Gasteiger partial charge in [0.1, 0.15) is 5.75 Å². The molecule has 1 atom stereocenters. The van der Waals surface area contributed by atoms with Gasteiger partial charge < -0.3 is 15.3 Å². The maximum atomic E-state index is 9.93. The minimum atomic E-state index is 0.434. The Morgan fingerprint density at radius 2 is 2.29 bits per heavy atom. The SMILES string of the molecule is Cc1cccc(CNC2CCCN(C)C2)c1O. The molecule has 0 aromatic heterocycles. The lowest BCUT2D eigenvalue weighted by molar-refractivity contribution is 0.226. The maximum absolute atomic E-state index is 9.93. The summed E-state index contributed by atoms with van der Waals surface area (Å²) in [6.07, 6.45) is 2.49. The summed E-state index contributed by atoms with van der Waals surface area (Å²) >= 11 is 0. The first-order valence-electron chi connectivity index (χ1n) is 6.36. The van der Waals surface area contributed by atoms with Crippen LogP contribution in [0.5, 0.6) is 5.75 Å². The second kappa shape index (κ2) is 5.52. The molecule has 1 fully saturated rings. The number of hydrogen-bond acceptors (Lipinski definition) is 3. The number of aryl methyl sites for hydroxylation is 1. The average Bonchev–Trinajstić information content (AvgIpc) is 2.31. The molecule has 17 heavy (non-hydrogen) atoms. The van der Waals surface area contributed by atoms with Crippen molar-refractivity contribution < 1.29 is 5.11 Å². The summed E-state index contributed by atoms with van der Waals surface area (Å²) in [4.78, 5) is 2.36. The van der Waals surface area contributed by atoms with Gasteiger partial charge in [0, 0.05) is 24.7 Å². The molecule has 94 valence electrons. The van der Waals surface area contributed by atoms with E-state index in [1.54, 1.807) is 0 Å². The highest BCUT2D eigenvalue weighted by Gasteiger charge is 2.16. The van der Waals surface area contributed by atoms with E-state index in [-0.39, 0.29) is 0 Å². The van der Waals surface area contributed by atoms with Crippen molar-refractivity contribution in [3.05, 3.63) is 29.3 Å². The third kappa shape index (κ3) is 3.20. The zero-order valence-corrected chi connectivity index (χ0v) is 10.7. The van der Waals surface area contributed by atoms with Crippen molar-refractivity contribution in [2.75, 3.05) is 20.1 Å². The van der Waals surface area contributed by atoms with Gasteiger partial charge in [0.2, 0.25) is 0 Å². The molecule has 0 spiro atoms. The Morgan fingerprint density at radius 1 is 1.47 bits per heavy atom. The lowest BCUT2D eigenvalue weighted by Gasteiger charge is -2.30. The Kier molecular flexibility index (Phi) is 4.02. The van der Waals surface area contributed by atoms with Gasteiger partial charge in [0.25, 0.3) is 0 Å². The Balaban J connectivity index is 1.91. The summed E-state index contributed by atoms with van der Waals surface area (Å²) in [6.45, 7) is 5.00. The van der Waals surface area contributed by atoms with Crippen molar-refractivity contribution in [1.82, 2.24) is 10.2 Å². The number of benzene rings is 1. The first kappa shape index (κ1) is 12.4.